The van der Waals surface area contributed by atoms with Crippen molar-refractivity contribution in [1.29, 1.82) is 0 Å². The van der Waals surface area contributed by atoms with Crippen molar-refractivity contribution in [2.45, 2.75) is 33.2 Å². The Labute approximate surface area is 293 Å². The molecule has 0 atom stereocenters. The third kappa shape index (κ3) is 8.36. The number of hydrogen-bond donors (Lipinski definition) is 0. The molecule has 0 aliphatic heterocycles. The molecule has 0 aliphatic carbocycles. The van der Waals surface area contributed by atoms with Crippen LogP contribution >= 0.6 is 0 Å². The fourth-order valence-electron chi connectivity index (χ4n) is 5.33. The number of methoxy groups -OCH3 is 9. The van der Waals surface area contributed by atoms with Crippen molar-refractivity contribution >= 4 is 0 Å². The predicted octanol–water partition coefficient (Wildman–Crippen LogP) is 7.06. The first kappa shape index (κ1) is 37.3. The zero-order chi connectivity index (χ0) is 36.2. The van der Waals surface area contributed by atoms with E-state index in [1.54, 1.807) is 64.0 Å². The van der Waals surface area contributed by atoms with E-state index in [-0.39, 0.29) is 19.8 Å². The quantitative estimate of drug-likeness (QED) is 0.100. The fraction of sp³-hybridized carbons (Fsp3) is 0.368. The lowest BCUT2D eigenvalue weighted by molar-refractivity contribution is 0.228. The van der Waals surface area contributed by atoms with E-state index in [1.807, 2.05) is 48.5 Å². The van der Waals surface area contributed by atoms with Gasteiger partial charge in [-0.15, -0.1) is 0 Å². The molecule has 0 saturated carbocycles. The number of hydrogen-bond acceptors (Lipinski definition) is 12. The molecule has 4 aromatic carbocycles. The second-order valence-electron chi connectivity index (χ2n) is 10.7. The maximum atomic E-state index is 6.52. The van der Waals surface area contributed by atoms with Crippen molar-refractivity contribution in [1.82, 2.24) is 0 Å². The first-order valence-corrected chi connectivity index (χ1v) is 15.7. The summed E-state index contributed by atoms with van der Waals surface area (Å²) in [6, 6.07) is 14.9. The molecule has 12 nitrogen and oxygen atoms in total. The average molecular weight is 695 g/mol. The van der Waals surface area contributed by atoms with E-state index >= 15 is 0 Å². The van der Waals surface area contributed by atoms with E-state index in [4.69, 9.17) is 56.8 Å². The van der Waals surface area contributed by atoms with Gasteiger partial charge in [0.15, 0.2) is 46.0 Å². The van der Waals surface area contributed by atoms with Gasteiger partial charge in [0, 0.05) is 0 Å². The summed E-state index contributed by atoms with van der Waals surface area (Å²) in [5.41, 5.74) is 3.32. The molecule has 12 heteroatoms. The van der Waals surface area contributed by atoms with E-state index in [0.29, 0.717) is 75.4 Å². The summed E-state index contributed by atoms with van der Waals surface area (Å²) in [6.07, 6.45) is 0.717. The molecule has 0 amide bonds. The lowest BCUT2D eigenvalue weighted by Gasteiger charge is -2.20. The molecule has 0 aliphatic rings. The minimum atomic E-state index is 0.128. The minimum Gasteiger partial charge on any atom is -0.493 e. The summed E-state index contributed by atoms with van der Waals surface area (Å²) >= 11 is 0. The highest BCUT2D eigenvalue weighted by Gasteiger charge is 2.21. The molecule has 0 fully saturated rings. The van der Waals surface area contributed by atoms with Crippen LogP contribution < -0.4 is 56.8 Å². The van der Waals surface area contributed by atoms with Crippen molar-refractivity contribution in [3.05, 3.63) is 70.8 Å². The molecule has 0 bridgehead atoms. The fourth-order valence-corrected chi connectivity index (χ4v) is 5.33. The van der Waals surface area contributed by atoms with Gasteiger partial charge in [-0.3, -0.25) is 0 Å². The Morgan fingerprint density at radius 2 is 0.560 bits per heavy atom. The highest BCUT2D eigenvalue weighted by atomic mass is 16.6. The number of aryl methyl sites for hydroxylation is 1. The molecule has 4 rings (SSSR count). The summed E-state index contributed by atoms with van der Waals surface area (Å²) in [5.74, 6) is 5.88. The average Bonchev–Trinajstić information content (AvgIpc) is 3.16. The summed E-state index contributed by atoms with van der Waals surface area (Å²) in [5, 5.41) is 0. The van der Waals surface area contributed by atoms with Crippen molar-refractivity contribution in [2.75, 3.05) is 64.0 Å². The Balaban J connectivity index is 1.75. The van der Waals surface area contributed by atoms with E-state index in [9.17, 15) is 0 Å². The molecular weight excluding hydrogens is 648 g/mol. The van der Waals surface area contributed by atoms with Gasteiger partial charge in [-0.2, -0.15) is 0 Å². The number of rotatable bonds is 19. The third-order valence-corrected chi connectivity index (χ3v) is 7.83. The molecule has 0 unspecified atom stereocenters. The Kier molecular flexibility index (Phi) is 13.2. The van der Waals surface area contributed by atoms with Crippen LogP contribution in [0.5, 0.6) is 69.0 Å². The predicted molar refractivity (Wildman–Crippen MR) is 187 cm³/mol. The van der Waals surface area contributed by atoms with Crippen LogP contribution in [-0.4, -0.2) is 64.0 Å². The summed E-state index contributed by atoms with van der Waals surface area (Å²) in [7, 11) is 14.1. The van der Waals surface area contributed by atoms with Crippen LogP contribution in [0.1, 0.15) is 29.2 Å². The van der Waals surface area contributed by atoms with E-state index < -0.39 is 0 Å². The lowest BCUT2D eigenvalue weighted by Crippen LogP contribution is -2.06. The zero-order valence-corrected chi connectivity index (χ0v) is 30.3. The van der Waals surface area contributed by atoms with Crippen molar-refractivity contribution < 1.29 is 56.8 Å². The van der Waals surface area contributed by atoms with Crippen LogP contribution in [0.15, 0.2) is 48.5 Å². The molecule has 0 N–H and O–H groups in total. The van der Waals surface area contributed by atoms with Crippen LogP contribution in [0.2, 0.25) is 0 Å². The molecular formula is C38H46O12. The van der Waals surface area contributed by atoms with Crippen LogP contribution in [0.4, 0.5) is 0 Å². The molecule has 4 aromatic rings. The van der Waals surface area contributed by atoms with Gasteiger partial charge in [0.05, 0.1) is 64.0 Å². The van der Waals surface area contributed by atoms with Gasteiger partial charge in [0.2, 0.25) is 23.0 Å². The first-order chi connectivity index (χ1) is 24.3. The molecule has 50 heavy (non-hydrogen) atoms. The largest absolute Gasteiger partial charge is 0.493 e. The van der Waals surface area contributed by atoms with Crippen LogP contribution in [-0.2, 0) is 26.2 Å². The molecule has 0 saturated heterocycles. The lowest BCUT2D eigenvalue weighted by atomic mass is 10.1. The minimum absolute atomic E-state index is 0.128. The second kappa shape index (κ2) is 17.8. The maximum absolute atomic E-state index is 6.52. The van der Waals surface area contributed by atoms with Crippen molar-refractivity contribution in [2.24, 2.45) is 0 Å². The van der Waals surface area contributed by atoms with E-state index in [1.165, 1.54) is 0 Å². The van der Waals surface area contributed by atoms with Gasteiger partial charge in [0.1, 0.15) is 19.8 Å². The Morgan fingerprint density at radius 1 is 0.300 bits per heavy atom. The SMILES string of the molecule is CCc1cc(OCc2cc(OC)c(OC)c(OC)c2)c(OCc2cc(OC)c(OC)c(OC)c2)c(OCc2cc(OC)c(OC)c(OC)c2)c1. The Bertz CT molecular complexity index is 1570. The van der Waals surface area contributed by atoms with Gasteiger partial charge >= 0.3 is 0 Å². The van der Waals surface area contributed by atoms with Gasteiger partial charge in [-0.25, -0.2) is 0 Å². The van der Waals surface area contributed by atoms with Crippen molar-refractivity contribution in [3.8, 4) is 69.0 Å². The first-order valence-electron chi connectivity index (χ1n) is 15.7. The van der Waals surface area contributed by atoms with Gasteiger partial charge in [0.25, 0.3) is 0 Å². The summed E-state index contributed by atoms with van der Waals surface area (Å²) < 4.78 is 69.3. The smallest absolute Gasteiger partial charge is 0.203 e. The summed E-state index contributed by atoms with van der Waals surface area (Å²) in [4.78, 5) is 0. The van der Waals surface area contributed by atoms with Crippen molar-refractivity contribution in [3.63, 3.8) is 0 Å². The van der Waals surface area contributed by atoms with Gasteiger partial charge in [-0.1, -0.05) is 6.92 Å². The standard InChI is InChI=1S/C38H46O12/c1-11-23-12-33(48-20-24-14-27(39-2)35(45-8)28(15-24)40-3)38(50-22-26-18-31(43-6)37(47-10)32(19-26)44-7)34(13-23)49-21-25-16-29(41-4)36(46-9)30(17-25)42-5/h12-19H,11,20-22H2,1-10H3. The molecule has 270 valence electrons. The number of benzene rings is 4. The molecule has 0 aromatic heterocycles. The van der Waals surface area contributed by atoms with Crippen LogP contribution in [0.25, 0.3) is 0 Å². The maximum Gasteiger partial charge on any atom is 0.203 e. The molecule has 0 radical (unpaired) electrons. The Morgan fingerprint density at radius 3 is 0.800 bits per heavy atom. The van der Waals surface area contributed by atoms with E-state index in [2.05, 4.69) is 6.92 Å². The highest BCUT2D eigenvalue weighted by molar-refractivity contribution is 5.58. The van der Waals surface area contributed by atoms with E-state index in [0.717, 1.165) is 22.3 Å². The van der Waals surface area contributed by atoms with Crippen LogP contribution in [0, 0.1) is 0 Å². The second-order valence-corrected chi connectivity index (χ2v) is 10.7. The zero-order valence-electron chi connectivity index (χ0n) is 30.3. The molecule has 0 heterocycles. The van der Waals surface area contributed by atoms with Gasteiger partial charge < -0.3 is 56.8 Å². The van der Waals surface area contributed by atoms with Crippen LogP contribution in [0.3, 0.4) is 0 Å². The topological polar surface area (TPSA) is 111 Å². The normalized spacial score (nSPS) is 10.5. The number of ether oxygens (including phenoxy) is 12. The monoisotopic (exact) mass is 694 g/mol. The highest BCUT2D eigenvalue weighted by Crippen LogP contribution is 2.44. The Hall–Kier alpha value is -5.52. The third-order valence-electron chi connectivity index (χ3n) is 7.83. The van der Waals surface area contributed by atoms with Gasteiger partial charge in [-0.05, 0) is 77.2 Å². The summed E-state index contributed by atoms with van der Waals surface area (Å²) in [6.45, 7) is 2.51. The molecule has 0 spiro atoms.